The Morgan fingerprint density at radius 1 is 0.656 bits per heavy atom. The van der Waals surface area contributed by atoms with Crippen LogP contribution in [0.3, 0.4) is 0 Å². The fraction of sp³-hybridized carbons (Fsp3) is 0.400. The highest BCUT2D eigenvalue weighted by molar-refractivity contribution is 6.03. The van der Waals surface area contributed by atoms with Crippen LogP contribution in [-0.4, -0.2) is 142 Å². The molecule has 25 heteroatoms. The molecule has 0 unspecified atom stereocenters. The average molecular weight is 1240 g/mol. The monoisotopic (exact) mass is 1240 g/mol. The number of imide groups is 2. The summed E-state index contributed by atoms with van der Waals surface area (Å²) in [6, 6.07) is 12.0. The lowest BCUT2D eigenvalue weighted by Gasteiger charge is -2.36. The van der Waals surface area contributed by atoms with Crippen LogP contribution >= 0.6 is 0 Å². The van der Waals surface area contributed by atoms with Gasteiger partial charge in [0.25, 0.3) is 11.8 Å². The van der Waals surface area contributed by atoms with Crippen molar-refractivity contribution in [3.8, 4) is 5.75 Å². The normalized spacial score (nSPS) is 23.4. The summed E-state index contributed by atoms with van der Waals surface area (Å²) in [5.41, 5.74) is 8.27. The number of urea groups is 2. The standard InChI is InChI=1S/C65H75F3N12O10/c1-65-25-9-27-80(65)61(86)53(28-39-17-21-46(90-2)22-18-39)76-64(89)78-59(84)55-33-45(68)37-79(55)60(85)54(30-42-36-71-50-24-20-44(67)32-48(42)50)74-58(83)52(29-41-35-70-49-23-19-43(66)31-47(41)49)75-63(88)77-57(82)51(11-7-8-26-69)73-56(81)12-6-4-3-5-10-38-13-15-40(16-14-38)34-72-62(65)87/h3,5,13-24,31-32,35-36,45,51-55,70-71H,4,6-12,25-30,33-34,37,69H2,1-2H3,(H,72,87)(H,73,81)(H,74,83)(H2,75,77,82,88)(H2,76,78,84,89)/t45-,51-,52+,53+,54+,55-,65-/m0/s1. The number of methoxy groups -OCH3 is 1. The number of aromatic amines is 2. The Kier molecular flexibility index (Phi) is 21.4. The first-order valence-corrected chi connectivity index (χ1v) is 30.2. The first-order valence-electron chi connectivity index (χ1n) is 30.2. The summed E-state index contributed by atoms with van der Waals surface area (Å²) in [6.45, 7) is 1.54. The largest absolute Gasteiger partial charge is 0.497 e. The van der Waals surface area contributed by atoms with E-state index < -0.39 is 126 Å². The number of nitrogens with two attached hydrogens (primary N) is 1. The molecule has 7 atom stereocenters. The number of hydrogen-bond acceptors (Lipinski definition) is 11. The average Bonchev–Trinajstić information content (AvgIpc) is 1.66. The smallest absolute Gasteiger partial charge is 0.322 e. The molecule has 4 aliphatic rings. The Morgan fingerprint density at radius 2 is 1.28 bits per heavy atom. The molecular formula is C65H75F3N12O10. The summed E-state index contributed by atoms with van der Waals surface area (Å²) >= 11 is 0. The fourth-order valence-corrected chi connectivity index (χ4v) is 11.9. The first kappa shape index (κ1) is 64.9. The molecule has 6 heterocycles. The molecule has 10 rings (SSSR count). The molecule has 6 aromatic rings. The molecule has 4 aliphatic heterocycles. The number of amides is 11. The number of carbonyl (C=O) groups is 9. The van der Waals surface area contributed by atoms with E-state index >= 15 is 14.0 Å². The van der Waals surface area contributed by atoms with Crippen LogP contribution in [0.25, 0.3) is 21.8 Å². The van der Waals surface area contributed by atoms with Crippen LogP contribution in [0.15, 0.2) is 109 Å². The van der Waals surface area contributed by atoms with Crippen LogP contribution in [0.2, 0.25) is 0 Å². The Balaban J connectivity index is 1.04. The van der Waals surface area contributed by atoms with Crippen molar-refractivity contribution in [1.29, 1.82) is 0 Å². The Morgan fingerprint density at radius 3 is 1.93 bits per heavy atom. The van der Waals surface area contributed by atoms with Crippen molar-refractivity contribution < 1.29 is 61.1 Å². The molecule has 2 bridgehead atoms. The maximum Gasteiger partial charge on any atom is 0.322 e. The molecular weight excluding hydrogens is 1170 g/mol. The van der Waals surface area contributed by atoms with Gasteiger partial charge in [0.2, 0.25) is 29.5 Å². The highest BCUT2D eigenvalue weighted by Gasteiger charge is 2.48. The highest BCUT2D eigenvalue weighted by atomic mass is 19.1. The molecule has 476 valence electrons. The third kappa shape index (κ3) is 16.2. The van der Waals surface area contributed by atoms with Gasteiger partial charge in [-0.05, 0) is 141 Å². The van der Waals surface area contributed by atoms with Gasteiger partial charge in [-0.1, -0.05) is 48.6 Å². The fourth-order valence-electron chi connectivity index (χ4n) is 11.9. The van der Waals surface area contributed by atoms with E-state index in [1.54, 1.807) is 31.2 Å². The third-order valence-electron chi connectivity index (χ3n) is 16.8. The van der Waals surface area contributed by atoms with E-state index in [-0.39, 0.29) is 38.8 Å². The van der Waals surface area contributed by atoms with Gasteiger partial charge in [0.05, 0.1) is 13.7 Å². The lowest BCUT2D eigenvalue weighted by Crippen LogP contribution is -2.61. The number of allylic oxidation sites excluding steroid dienone is 2. The van der Waals surface area contributed by atoms with Gasteiger partial charge in [0, 0.05) is 79.4 Å². The number of ether oxygens (including phenoxy) is 1. The number of carbonyl (C=O) groups excluding carboxylic acids is 9. The number of alkyl halides is 1. The van der Waals surface area contributed by atoms with Crippen LogP contribution in [0.5, 0.6) is 5.75 Å². The molecule has 2 saturated heterocycles. The minimum Gasteiger partial charge on any atom is -0.497 e. The second-order valence-corrected chi connectivity index (χ2v) is 23.2. The Bertz CT molecular complexity index is 3650. The van der Waals surface area contributed by atoms with Crippen molar-refractivity contribution in [3.05, 3.63) is 149 Å². The third-order valence-corrected chi connectivity index (χ3v) is 16.8. The quantitative estimate of drug-likeness (QED) is 0.0581. The van der Waals surface area contributed by atoms with E-state index in [2.05, 4.69) is 47.2 Å². The summed E-state index contributed by atoms with van der Waals surface area (Å²) in [7, 11) is 1.49. The molecule has 4 aromatic carbocycles. The number of nitrogens with zero attached hydrogens (tertiary/aromatic N) is 2. The zero-order valence-corrected chi connectivity index (χ0v) is 50.1. The molecule has 11 amide bonds. The first-order chi connectivity index (χ1) is 43.3. The van der Waals surface area contributed by atoms with E-state index in [0.29, 0.717) is 95.7 Å². The zero-order chi connectivity index (χ0) is 64.1. The van der Waals surface area contributed by atoms with Crippen LogP contribution in [0.1, 0.15) is 92.5 Å². The van der Waals surface area contributed by atoms with E-state index in [1.165, 1.54) is 60.8 Å². The molecule has 90 heavy (non-hydrogen) atoms. The van der Waals surface area contributed by atoms with Gasteiger partial charge in [-0.3, -0.25) is 44.2 Å². The number of aromatic nitrogens is 2. The van der Waals surface area contributed by atoms with E-state index in [9.17, 15) is 42.3 Å². The van der Waals surface area contributed by atoms with Crippen LogP contribution < -0.4 is 47.7 Å². The number of H-pyrrole nitrogens is 2. The molecule has 0 radical (unpaired) electrons. The molecule has 22 nitrogen and oxygen atoms in total. The summed E-state index contributed by atoms with van der Waals surface area (Å²) in [5.74, 6) is -6.39. The van der Waals surface area contributed by atoms with Crippen molar-refractivity contribution in [2.45, 2.75) is 139 Å². The van der Waals surface area contributed by atoms with Crippen LogP contribution in [-0.2, 0) is 65.8 Å². The molecule has 2 aromatic heterocycles. The van der Waals surface area contributed by atoms with Gasteiger partial charge in [-0.25, -0.2) is 22.8 Å². The van der Waals surface area contributed by atoms with Gasteiger partial charge < -0.3 is 56.8 Å². The number of fused-ring (bicyclic) bond motifs is 27. The second-order valence-electron chi connectivity index (χ2n) is 23.2. The maximum atomic E-state index is 15.9. The van der Waals surface area contributed by atoms with Crippen molar-refractivity contribution in [3.63, 3.8) is 0 Å². The van der Waals surface area contributed by atoms with Gasteiger partial charge in [-0.15, -0.1) is 0 Å². The lowest BCUT2D eigenvalue weighted by molar-refractivity contribution is -0.145. The number of rotatable bonds is 11. The summed E-state index contributed by atoms with van der Waals surface area (Å²) in [5, 5.41) is 18.6. The molecule has 0 aliphatic carbocycles. The zero-order valence-electron chi connectivity index (χ0n) is 50.1. The summed E-state index contributed by atoms with van der Waals surface area (Å²) in [6.07, 6.45) is 6.81. The Hall–Kier alpha value is -9.52. The topological polar surface area (TPSA) is 311 Å². The highest BCUT2D eigenvalue weighted by Crippen LogP contribution is 2.32. The second kappa shape index (κ2) is 29.7. The predicted octanol–water partition coefficient (Wildman–Crippen LogP) is 5.37. The molecule has 0 saturated carbocycles. The summed E-state index contributed by atoms with van der Waals surface area (Å²) in [4.78, 5) is 138. The van der Waals surface area contributed by atoms with E-state index in [0.717, 1.165) is 16.0 Å². The Labute approximate surface area is 517 Å². The van der Waals surface area contributed by atoms with Crippen LogP contribution in [0.4, 0.5) is 22.8 Å². The number of nitrogens with one attached hydrogen (secondary N) is 9. The lowest BCUT2D eigenvalue weighted by atomic mass is 9.95. The van der Waals surface area contributed by atoms with Crippen molar-refractivity contribution in [2.24, 2.45) is 5.73 Å². The van der Waals surface area contributed by atoms with Gasteiger partial charge in [-0.2, -0.15) is 0 Å². The SMILES string of the molecule is COc1ccc(C[C@H]2NC(=O)NC(=O)[C@@H]3C[C@H](F)CN3C(=O)[C@@H](Cc3c[nH]c4ccc(F)cc34)NC(=O)[C@@H](Cc3c[nH]c4ccc(F)cc34)NC(=O)NC(=O)[C@H](CCCCN)NC(=O)CCCC=CCc3ccc(cc3)CNC(=O)[C@]3(C)CCCN3C2=O)cc1. The van der Waals surface area contributed by atoms with Crippen molar-refractivity contribution >= 4 is 75.2 Å². The minimum absolute atomic E-state index is 0.0392. The molecule has 2 fully saturated rings. The summed E-state index contributed by atoms with van der Waals surface area (Å²) < 4.78 is 50.9. The number of halogens is 3. The predicted molar refractivity (Wildman–Crippen MR) is 328 cm³/mol. The minimum atomic E-state index is -1.83. The van der Waals surface area contributed by atoms with Gasteiger partial charge >= 0.3 is 12.1 Å². The molecule has 0 spiro atoms. The molecule has 11 N–H and O–H groups in total. The van der Waals surface area contributed by atoms with E-state index in [1.807, 2.05) is 36.4 Å². The number of benzene rings is 4. The van der Waals surface area contributed by atoms with Gasteiger partial charge in [0.15, 0.2) is 0 Å². The van der Waals surface area contributed by atoms with Crippen molar-refractivity contribution in [2.75, 3.05) is 26.7 Å². The van der Waals surface area contributed by atoms with Gasteiger partial charge in [0.1, 0.15) is 59.3 Å². The number of unbranched alkanes of at least 4 members (excludes halogenated alkanes) is 1. The van der Waals surface area contributed by atoms with Crippen LogP contribution in [0, 0.1) is 11.6 Å². The maximum absolute atomic E-state index is 15.9. The van der Waals surface area contributed by atoms with E-state index in [4.69, 9.17) is 10.5 Å². The van der Waals surface area contributed by atoms with Crippen molar-refractivity contribution in [1.82, 2.24) is 57.0 Å². The number of hydrogen-bond donors (Lipinski definition) is 10.